The molecule has 0 aromatic carbocycles. The molecule has 0 atom stereocenters. The summed E-state index contributed by atoms with van der Waals surface area (Å²) < 4.78 is 12.2. The van der Waals surface area contributed by atoms with Crippen molar-refractivity contribution in [2.24, 2.45) is 0 Å². The highest BCUT2D eigenvalue weighted by molar-refractivity contribution is 5.94. The van der Waals surface area contributed by atoms with Gasteiger partial charge < -0.3 is 24.9 Å². The van der Waals surface area contributed by atoms with E-state index in [-0.39, 0.29) is 30.4 Å². The lowest BCUT2D eigenvalue weighted by molar-refractivity contribution is -0.0566. The van der Waals surface area contributed by atoms with E-state index in [0.29, 0.717) is 12.4 Å². The molecule has 1 aliphatic rings. The molecule has 2 amide bonds. The predicted octanol–water partition coefficient (Wildman–Crippen LogP) is 0.0968. The van der Waals surface area contributed by atoms with Gasteiger partial charge in [0.25, 0.3) is 17.4 Å². The number of furan rings is 1. The van der Waals surface area contributed by atoms with Crippen molar-refractivity contribution in [3.8, 4) is 5.75 Å². The molecule has 3 rings (SSSR count). The number of hydrogen-bond acceptors (Lipinski definition) is 7. The van der Waals surface area contributed by atoms with Crippen molar-refractivity contribution in [1.82, 2.24) is 20.2 Å². The van der Waals surface area contributed by atoms with Crippen molar-refractivity contribution in [1.29, 1.82) is 0 Å². The third kappa shape index (κ3) is 3.43. The average Bonchev–Trinajstić information content (AvgIpc) is 3.11. The predicted molar refractivity (Wildman–Crippen MR) is 92.4 cm³/mol. The van der Waals surface area contributed by atoms with Crippen LogP contribution in [0.4, 0.5) is 0 Å². The largest absolute Gasteiger partial charge is 0.501 e. The van der Waals surface area contributed by atoms with E-state index in [1.165, 1.54) is 23.7 Å². The molecule has 3 N–H and O–H groups in total. The second kappa shape index (κ2) is 6.88. The Morgan fingerprint density at radius 3 is 2.78 bits per heavy atom. The lowest BCUT2D eigenvalue weighted by Gasteiger charge is -2.32. The lowest BCUT2D eigenvalue weighted by atomic mass is 10.1. The molecule has 0 aliphatic carbocycles. The van der Waals surface area contributed by atoms with Gasteiger partial charge in [-0.1, -0.05) is 0 Å². The zero-order valence-corrected chi connectivity index (χ0v) is 15.2. The molecule has 2 aromatic heterocycles. The summed E-state index contributed by atoms with van der Waals surface area (Å²) in [7, 11) is 1.47. The topological polar surface area (TPSA) is 136 Å². The van der Waals surface area contributed by atoms with Gasteiger partial charge in [-0.15, -0.1) is 0 Å². The fraction of sp³-hybridized carbons (Fsp3) is 0.412. The number of nitrogens with zero attached hydrogens (tertiary/aromatic N) is 2. The molecule has 0 spiro atoms. The Hall–Kier alpha value is -3.14. The highest BCUT2D eigenvalue weighted by atomic mass is 16.5. The maximum absolute atomic E-state index is 12.4. The van der Waals surface area contributed by atoms with Gasteiger partial charge in [0.05, 0.1) is 19.7 Å². The monoisotopic (exact) mass is 376 g/mol. The number of fused-ring (bicyclic) bond motifs is 1. The summed E-state index contributed by atoms with van der Waals surface area (Å²) in [6, 6.07) is 3.01. The number of carbonyl (C=O) groups excluding carboxylic acids is 2. The molecule has 3 heterocycles. The highest BCUT2D eigenvalue weighted by Crippen LogP contribution is 2.27. The minimum atomic E-state index is -0.871. The Labute approximate surface area is 154 Å². The van der Waals surface area contributed by atoms with Crippen LogP contribution in [0, 0.1) is 0 Å². The Morgan fingerprint density at radius 2 is 2.07 bits per heavy atom. The maximum Gasteiger partial charge on any atom is 0.296 e. The molecule has 0 saturated heterocycles. The first-order valence-electron chi connectivity index (χ1n) is 8.32. The summed E-state index contributed by atoms with van der Waals surface area (Å²) in [5.41, 5.74) is -1.95. The van der Waals surface area contributed by atoms with Gasteiger partial charge in [-0.05, 0) is 26.0 Å². The maximum atomic E-state index is 12.4. The first-order valence-corrected chi connectivity index (χ1v) is 8.32. The zero-order valence-electron chi connectivity index (χ0n) is 15.2. The third-order valence-electron chi connectivity index (χ3n) is 4.21. The van der Waals surface area contributed by atoms with E-state index in [4.69, 9.17) is 9.15 Å². The number of aromatic hydroxyl groups is 1. The van der Waals surface area contributed by atoms with Crippen molar-refractivity contribution in [3.63, 3.8) is 0 Å². The van der Waals surface area contributed by atoms with Gasteiger partial charge in [0.2, 0.25) is 5.75 Å². The smallest absolute Gasteiger partial charge is 0.296 e. The van der Waals surface area contributed by atoms with Crippen LogP contribution in [0.1, 0.15) is 46.5 Å². The number of ether oxygens (including phenoxy) is 1. The van der Waals surface area contributed by atoms with E-state index in [1.807, 2.05) is 0 Å². The number of amides is 2. The van der Waals surface area contributed by atoms with E-state index in [0.717, 1.165) is 0 Å². The van der Waals surface area contributed by atoms with Gasteiger partial charge in [-0.3, -0.25) is 19.0 Å². The van der Waals surface area contributed by atoms with E-state index in [1.54, 1.807) is 13.8 Å². The molecular formula is C17H20N4O6. The van der Waals surface area contributed by atoms with Gasteiger partial charge in [-0.2, -0.15) is 0 Å². The number of nitrogens with one attached hydrogen (secondary N) is 2. The van der Waals surface area contributed by atoms with Crippen LogP contribution in [0.15, 0.2) is 21.3 Å². The van der Waals surface area contributed by atoms with Gasteiger partial charge in [0.15, 0.2) is 11.5 Å². The van der Waals surface area contributed by atoms with Crippen LogP contribution in [-0.4, -0.2) is 40.1 Å². The summed E-state index contributed by atoms with van der Waals surface area (Å²) in [6.45, 7) is 3.96. The van der Waals surface area contributed by atoms with Crippen molar-refractivity contribution in [2.45, 2.75) is 32.5 Å². The molecule has 0 radical (unpaired) electrons. The van der Waals surface area contributed by atoms with Gasteiger partial charge in [-0.25, -0.2) is 4.98 Å². The van der Waals surface area contributed by atoms with Gasteiger partial charge in [0, 0.05) is 7.05 Å². The number of rotatable bonds is 4. The summed E-state index contributed by atoms with van der Waals surface area (Å²) in [6.07, 6.45) is 0. The van der Waals surface area contributed by atoms with Crippen LogP contribution in [-0.2, 0) is 23.4 Å². The van der Waals surface area contributed by atoms with E-state index < -0.39 is 28.7 Å². The highest BCUT2D eigenvalue weighted by Gasteiger charge is 2.34. The summed E-state index contributed by atoms with van der Waals surface area (Å²) >= 11 is 0. The van der Waals surface area contributed by atoms with Crippen molar-refractivity contribution >= 4 is 11.8 Å². The second-order valence-electron chi connectivity index (χ2n) is 6.48. The molecule has 2 aromatic rings. The number of carbonyl (C=O) groups is 2. The minimum Gasteiger partial charge on any atom is -0.501 e. The Kier molecular flexibility index (Phi) is 4.75. The van der Waals surface area contributed by atoms with Crippen molar-refractivity contribution in [3.05, 3.63) is 45.5 Å². The molecule has 144 valence electrons. The standard InChI is InChI=1S/C17H20N4O6/c1-17(2)16-20-11(12(22)15(25)21(16)6-7-26-17)14(24)19-8-9-4-5-10(27-9)13(23)18-3/h4-5,22H,6-8H2,1-3H3,(H,18,23)(H,19,24). The van der Waals surface area contributed by atoms with Crippen LogP contribution in [0.25, 0.3) is 0 Å². The first-order chi connectivity index (χ1) is 12.7. The molecule has 0 bridgehead atoms. The second-order valence-corrected chi connectivity index (χ2v) is 6.48. The zero-order chi connectivity index (χ0) is 19.8. The van der Waals surface area contributed by atoms with Crippen LogP contribution in [0.2, 0.25) is 0 Å². The third-order valence-corrected chi connectivity index (χ3v) is 4.21. The van der Waals surface area contributed by atoms with Crippen molar-refractivity contribution in [2.75, 3.05) is 13.7 Å². The van der Waals surface area contributed by atoms with E-state index in [2.05, 4.69) is 15.6 Å². The molecule has 0 fully saturated rings. The molecule has 27 heavy (non-hydrogen) atoms. The normalized spacial score (nSPS) is 15.1. The quantitative estimate of drug-likeness (QED) is 0.688. The van der Waals surface area contributed by atoms with E-state index in [9.17, 15) is 19.5 Å². The van der Waals surface area contributed by atoms with Crippen LogP contribution in [0.3, 0.4) is 0 Å². The van der Waals surface area contributed by atoms with Gasteiger partial charge >= 0.3 is 0 Å². The SMILES string of the molecule is CNC(=O)c1ccc(CNC(=O)c2nc3n(c(=O)c2O)CCOC3(C)C)o1. The lowest BCUT2D eigenvalue weighted by Crippen LogP contribution is -2.42. The van der Waals surface area contributed by atoms with Crippen molar-refractivity contribution < 1.29 is 23.8 Å². The fourth-order valence-electron chi connectivity index (χ4n) is 2.80. The minimum absolute atomic E-state index is 0.0464. The Bertz CT molecular complexity index is 959. The molecule has 0 unspecified atom stereocenters. The summed E-state index contributed by atoms with van der Waals surface area (Å²) in [5.74, 6) is -1.15. The summed E-state index contributed by atoms with van der Waals surface area (Å²) in [4.78, 5) is 40.5. The summed E-state index contributed by atoms with van der Waals surface area (Å²) in [5, 5.41) is 15.1. The Morgan fingerprint density at radius 1 is 1.33 bits per heavy atom. The number of aromatic nitrogens is 2. The molecule has 0 saturated carbocycles. The van der Waals surface area contributed by atoms with E-state index >= 15 is 0 Å². The Balaban J connectivity index is 1.83. The molecule has 1 aliphatic heterocycles. The molecule has 10 heteroatoms. The fourth-order valence-corrected chi connectivity index (χ4v) is 2.80. The van der Waals surface area contributed by atoms with Crippen LogP contribution >= 0.6 is 0 Å². The van der Waals surface area contributed by atoms with Gasteiger partial charge in [0.1, 0.15) is 17.2 Å². The number of hydrogen-bond donors (Lipinski definition) is 3. The molecular weight excluding hydrogens is 356 g/mol. The molecule has 10 nitrogen and oxygen atoms in total. The first kappa shape index (κ1) is 18.6. The van der Waals surface area contributed by atoms with Crippen LogP contribution in [0.5, 0.6) is 5.75 Å². The van der Waals surface area contributed by atoms with Crippen LogP contribution < -0.4 is 16.2 Å². The average molecular weight is 376 g/mol.